The summed E-state index contributed by atoms with van der Waals surface area (Å²) >= 11 is 1.83. The molecule has 2 aliphatic heterocycles. The van der Waals surface area contributed by atoms with Gasteiger partial charge in [0.15, 0.2) is 5.17 Å². The highest BCUT2D eigenvalue weighted by atomic mass is 32.2. The topological polar surface area (TPSA) is 36.9 Å². The van der Waals surface area contributed by atoms with Crippen molar-refractivity contribution in [2.24, 2.45) is 4.99 Å². The molecule has 2 aliphatic rings. The van der Waals surface area contributed by atoms with Crippen molar-refractivity contribution < 1.29 is 4.74 Å². The zero-order valence-electron chi connectivity index (χ0n) is 9.95. The number of nitrogens with one attached hydrogen (secondary N) is 1. The van der Waals surface area contributed by atoms with E-state index in [0.717, 1.165) is 44.5 Å². The Morgan fingerprint density at radius 2 is 2.56 bits per heavy atom. The predicted octanol–water partition coefficient (Wildman–Crippen LogP) is 0.790. The Bertz CT molecular complexity index is 247. The molecular weight excluding hydrogens is 222 g/mol. The van der Waals surface area contributed by atoms with Crippen LogP contribution in [0.4, 0.5) is 0 Å². The number of thioether (sulfide) groups is 1. The fraction of sp³-hybridized carbons (Fsp3) is 0.909. The third-order valence-electron chi connectivity index (χ3n) is 2.95. The lowest BCUT2D eigenvalue weighted by molar-refractivity contribution is -0.0232. The third-order valence-corrected chi connectivity index (χ3v) is 3.99. The van der Waals surface area contributed by atoms with Crippen LogP contribution in [0.25, 0.3) is 0 Å². The molecule has 0 aromatic carbocycles. The van der Waals surface area contributed by atoms with E-state index in [-0.39, 0.29) is 0 Å². The number of hydrogen-bond donors (Lipinski definition) is 1. The summed E-state index contributed by atoms with van der Waals surface area (Å²) in [5.41, 5.74) is 0. The van der Waals surface area contributed by atoms with Crippen molar-refractivity contribution in [1.82, 2.24) is 10.2 Å². The second-order valence-corrected chi connectivity index (χ2v) is 5.24. The van der Waals surface area contributed by atoms with Crippen LogP contribution in [-0.2, 0) is 4.74 Å². The van der Waals surface area contributed by atoms with Crippen molar-refractivity contribution in [3.63, 3.8) is 0 Å². The van der Waals surface area contributed by atoms with E-state index in [9.17, 15) is 0 Å². The van der Waals surface area contributed by atoms with E-state index < -0.39 is 0 Å². The van der Waals surface area contributed by atoms with Crippen LogP contribution >= 0.6 is 11.8 Å². The number of amidine groups is 1. The smallest absolute Gasteiger partial charge is 0.156 e. The van der Waals surface area contributed by atoms with Crippen LogP contribution < -0.4 is 5.32 Å². The molecule has 1 unspecified atom stereocenters. The SMILES string of the molecule is CCN1CCOC(CNC2=NCCCS2)C1. The average molecular weight is 243 g/mol. The van der Waals surface area contributed by atoms with Crippen molar-refractivity contribution in [1.29, 1.82) is 0 Å². The van der Waals surface area contributed by atoms with Crippen molar-refractivity contribution in [3.05, 3.63) is 0 Å². The molecule has 16 heavy (non-hydrogen) atoms. The molecule has 2 heterocycles. The number of rotatable bonds is 3. The zero-order valence-corrected chi connectivity index (χ0v) is 10.8. The molecular formula is C11H21N3OS. The van der Waals surface area contributed by atoms with Gasteiger partial charge in [-0.3, -0.25) is 9.89 Å². The lowest BCUT2D eigenvalue weighted by Gasteiger charge is -2.32. The van der Waals surface area contributed by atoms with Gasteiger partial charge in [0.2, 0.25) is 0 Å². The molecule has 5 heteroatoms. The summed E-state index contributed by atoms with van der Waals surface area (Å²) in [6, 6.07) is 0. The summed E-state index contributed by atoms with van der Waals surface area (Å²) in [4.78, 5) is 6.89. The summed E-state index contributed by atoms with van der Waals surface area (Å²) < 4.78 is 5.73. The number of morpholine rings is 1. The van der Waals surface area contributed by atoms with Gasteiger partial charge in [0.05, 0.1) is 12.7 Å². The molecule has 1 saturated heterocycles. The van der Waals surface area contributed by atoms with E-state index in [1.165, 1.54) is 12.2 Å². The second kappa shape index (κ2) is 6.47. The number of ether oxygens (including phenoxy) is 1. The van der Waals surface area contributed by atoms with E-state index in [2.05, 4.69) is 22.1 Å². The molecule has 0 radical (unpaired) electrons. The van der Waals surface area contributed by atoms with Crippen molar-refractivity contribution in [2.75, 3.05) is 45.1 Å². The second-order valence-electron chi connectivity index (χ2n) is 4.16. The molecule has 2 rings (SSSR count). The van der Waals surface area contributed by atoms with Gasteiger partial charge in [-0.2, -0.15) is 0 Å². The Kier molecular flexibility index (Phi) is 4.93. The molecule has 0 bridgehead atoms. The highest BCUT2D eigenvalue weighted by Crippen LogP contribution is 2.11. The molecule has 0 aromatic heterocycles. The highest BCUT2D eigenvalue weighted by molar-refractivity contribution is 8.13. The Labute approximate surface area is 102 Å². The van der Waals surface area contributed by atoms with Gasteiger partial charge in [-0.15, -0.1) is 0 Å². The minimum atomic E-state index is 0.318. The summed E-state index contributed by atoms with van der Waals surface area (Å²) in [6.07, 6.45) is 1.53. The first-order chi connectivity index (χ1) is 7.88. The summed E-state index contributed by atoms with van der Waals surface area (Å²) in [5.74, 6) is 1.19. The van der Waals surface area contributed by atoms with Gasteiger partial charge < -0.3 is 10.1 Å². The average Bonchev–Trinajstić information content (AvgIpc) is 2.38. The Hall–Kier alpha value is -0.260. The van der Waals surface area contributed by atoms with Gasteiger partial charge in [-0.1, -0.05) is 18.7 Å². The van der Waals surface area contributed by atoms with Crippen LogP contribution in [0.1, 0.15) is 13.3 Å². The lowest BCUT2D eigenvalue weighted by Crippen LogP contribution is -2.47. The van der Waals surface area contributed by atoms with E-state index in [1.54, 1.807) is 0 Å². The summed E-state index contributed by atoms with van der Waals surface area (Å²) in [7, 11) is 0. The van der Waals surface area contributed by atoms with Crippen molar-refractivity contribution in [3.8, 4) is 0 Å². The summed E-state index contributed by atoms with van der Waals surface area (Å²) in [6.45, 7) is 8.17. The monoisotopic (exact) mass is 243 g/mol. The van der Waals surface area contributed by atoms with Gasteiger partial charge in [0, 0.05) is 31.9 Å². The summed E-state index contributed by atoms with van der Waals surface area (Å²) in [5, 5.41) is 4.50. The normalized spacial score (nSPS) is 27.6. The maximum absolute atomic E-state index is 5.73. The molecule has 0 aliphatic carbocycles. The molecule has 0 saturated carbocycles. The molecule has 4 nitrogen and oxygen atoms in total. The van der Waals surface area contributed by atoms with E-state index >= 15 is 0 Å². The number of aliphatic imine (C=N–C) groups is 1. The molecule has 0 amide bonds. The number of nitrogens with zero attached hydrogens (tertiary/aromatic N) is 2. The molecule has 0 spiro atoms. The van der Waals surface area contributed by atoms with E-state index in [4.69, 9.17) is 4.74 Å². The number of hydrogen-bond acceptors (Lipinski definition) is 5. The number of likely N-dealkylation sites (N-methyl/N-ethyl adjacent to an activating group) is 1. The fourth-order valence-electron chi connectivity index (χ4n) is 1.96. The minimum Gasteiger partial charge on any atom is -0.374 e. The standard InChI is InChI=1S/C11H21N3OS/c1-2-14-5-6-15-10(9-14)8-13-11-12-4-3-7-16-11/h10H,2-9H2,1H3,(H,12,13). The van der Waals surface area contributed by atoms with E-state index in [0.29, 0.717) is 6.10 Å². The van der Waals surface area contributed by atoms with Gasteiger partial charge in [-0.25, -0.2) is 0 Å². The molecule has 1 fully saturated rings. The van der Waals surface area contributed by atoms with Gasteiger partial charge in [0.1, 0.15) is 0 Å². The molecule has 1 atom stereocenters. The highest BCUT2D eigenvalue weighted by Gasteiger charge is 2.19. The van der Waals surface area contributed by atoms with Crippen LogP contribution in [0.3, 0.4) is 0 Å². The van der Waals surface area contributed by atoms with E-state index in [1.807, 2.05) is 11.8 Å². The minimum absolute atomic E-state index is 0.318. The van der Waals surface area contributed by atoms with Crippen molar-refractivity contribution in [2.45, 2.75) is 19.4 Å². The Morgan fingerprint density at radius 1 is 1.62 bits per heavy atom. The third kappa shape index (κ3) is 3.64. The quantitative estimate of drug-likeness (QED) is 0.795. The zero-order chi connectivity index (χ0) is 11.2. The van der Waals surface area contributed by atoms with Crippen LogP contribution in [0.2, 0.25) is 0 Å². The van der Waals surface area contributed by atoms with Gasteiger partial charge in [-0.05, 0) is 13.0 Å². The largest absolute Gasteiger partial charge is 0.374 e. The Morgan fingerprint density at radius 3 is 3.31 bits per heavy atom. The fourth-order valence-corrected chi connectivity index (χ4v) is 2.79. The van der Waals surface area contributed by atoms with Gasteiger partial charge >= 0.3 is 0 Å². The Balaban J connectivity index is 1.70. The molecule has 92 valence electrons. The van der Waals surface area contributed by atoms with Crippen LogP contribution in [-0.4, -0.2) is 61.3 Å². The maximum Gasteiger partial charge on any atom is 0.156 e. The molecule has 1 N–H and O–H groups in total. The molecule has 0 aromatic rings. The first-order valence-corrected chi connectivity index (χ1v) is 7.12. The van der Waals surface area contributed by atoms with Crippen molar-refractivity contribution >= 4 is 16.9 Å². The maximum atomic E-state index is 5.73. The van der Waals surface area contributed by atoms with Gasteiger partial charge in [0.25, 0.3) is 0 Å². The lowest BCUT2D eigenvalue weighted by atomic mass is 10.2. The van der Waals surface area contributed by atoms with Crippen LogP contribution in [0.15, 0.2) is 4.99 Å². The van der Waals surface area contributed by atoms with Crippen LogP contribution in [0.5, 0.6) is 0 Å². The first-order valence-electron chi connectivity index (χ1n) is 6.13. The first kappa shape index (κ1) is 12.2. The van der Waals surface area contributed by atoms with Crippen LogP contribution in [0, 0.1) is 0 Å². The predicted molar refractivity (Wildman–Crippen MR) is 69.2 cm³/mol.